The number of aliphatic hydroxyl groups excluding tert-OH is 1. The third-order valence-electron chi connectivity index (χ3n) is 4.65. The number of benzene rings is 1. The summed E-state index contributed by atoms with van der Waals surface area (Å²) >= 11 is 0. The van der Waals surface area contributed by atoms with E-state index < -0.39 is 0 Å². The van der Waals surface area contributed by atoms with Crippen molar-refractivity contribution in [3.8, 4) is 17.2 Å². The lowest BCUT2D eigenvalue weighted by molar-refractivity contribution is 0.119. The highest BCUT2D eigenvalue weighted by Crippen LogP contribution is 2.45. The van der Waals surface area contributed by atoms with Crippen LogP contribution in [0.3, 0.4) is 0 Å². The van der Waals surface area contributed by atoms with Gasteiger partial charge in [-0.25, -0.2) is 0 Å². The fourth-order valence-corrected chi connectivity index (χ4v) is 3.38. The van der Waals surface area contributed by atoms with E-state index in [0.717, 1.165) is 24.3 Å². The Morgan fingerprint density at radius 1 is 1.09 bits per heavy atom. The van der Waals surface area contributed by atoms with Gasteiger partial charge in [-0.2, -0.15) is 0 Å². The van der Waals surface area contributed by atoms with E-state index >= 15 is 0 Å². The van der Waals surface area contributed by atoms with Gasteiger partial charge in [-0.3, -0.25) is 0 Å². The minimum absolute atomic E-state index is 0.0850. The fraction of sp³-hybridized carbons (Fsp3) is 0.684. The molecule has 0 unspecified atom stereocenters. The monoisotopic (exact) mass is 322 g/mol. The van der Waals surface area contributed by atoms with Crippen LogP contribution in [0.4, 0.5) is 0 Å². The third kappa shape index (κ3) is 4.54. The Hall–Kier alpha value is -1.42. The molecule has 1 N–H and O–H groups in total. The van der Waals surface area contributed by atoms with E-state index in [-0.39, 0.29) is 12.7 Å². The van der Waals surface area contributed by atoms with Gasteiger partial charge in [-0.05, 0) is 24.8 Å². The van der Waals surface area contributed by atoms with Gasteiger partial charge >= 0.3 is 0 Å². The minimum Gasteiger partial charge on any atom is -0.493 e. The minimum atomic E-state index is 0.0850. The molecule has 0 saturated heterocycles. The van der Waals surface area contributed by atoms with Crippen molar-refractivity contribution in [2.75, 3.05) is 20.8 Å². The van der Waals surface area contributed by atoms with E-state index in [1.807, 2.05) is 6.07 Å². The van der Waals surface area contributed by atoms with Crippen LogP contribution >= 0.6 is 0 Å². The topological polar surface area (TPSA) is 47.9 Å². The molecule has 0 bridgehead atoms. The van der Waals surface area contributed by atoms with Crippen LogP contribution < -0.4 is 14.2 Å². The smallest absolute Gasteiger partial charge is 0.164 e. The molecule has 2 atom stereocenters. The van der Waals surface area contributed by atoms with E-state index in [2.05, 4.69) is 13.0 Å². The van der Waals surface area contributed by atoms with Gasteiger partial charge in [-0.1, -0.05) is 32.6 Å². The molecule has 23 heavy (non-hydrogen) atoms. The van der Waals surface area contributed by atoms with E-state index in [4.69, 9.17) is 14.2 Å². The van der Waals surface area contributed by atoms with Gasteiger partial charge in [0.15, 0.2) is 11.5 Å². The molecule has 0 aromatic heterocycles. The first kappa shape index (κ1) is 17.9. The third-order valence-corrected chi connectivity index (χ3v) is 4.65. The summed E-state index contributed by atoms with van der Waals surface area (Å²) in [6.45, 7) is 2.40. The molecule has 1 aliphatic heterocycles. The van der Waals surface area contributed by atoms with E-state index in [9.17, 15) is 5.11 Å². The van der Waals surface area contributed by atoms with Crippen molar-refractivity contribution in [1.82, 2.24) is 0 Å². The summed E-state index contributed by atoms with van der Waals surface area (Å²) in [7, 11) is 3.30. The van der Waals surface area contributed by atoms with Gasteiger partial charge in [0.2, 0.25) is 0 Å². The second-order valence-electron chi connectivity index (χ2n) is 6.28. The van der Waals surface area contributed by atoms with Crippen molar-refractivity contribution in [2.45, 2.75) is 63.9 Å². The van der Waals surface area contributed by atoms with E-state index in [0.29, 0.717) is 18.1 Å². The second-order valence-corrected chi connectivity index (χ2v) is 6.28. The van der Waals surface area contributed by atoms with E-state index in [1.165, 1.54) is 31.2 Å². The number of fused-ring (bicyclic) bond motifs is 1. The quantitative estimate of drug-likeness (QED) is 0.689. The fourth-order valence-electron chi connectivity index (χ4n) is 3.38. The largest absolute Gasteiger partial charge is 0.493 e. The maximum absolute atomic E-state index is 9.26. The molecule has 0 saturated carbocycles. The first-order chi connectivity index (χ1) is 11.2. The first-order valence-corrected chi connectivity index (χ1v) is 8.76. The maximum atomic E-state index is 9.26. The number of hydrogen-bond donors (Lipinski definition) is 1. The van der Waals surface area contributed by atoms with Crippen LogP contribution in [0.25, 0.3) is 0 Å². The SMILES string of the molecule is CCCCCC[C@@H]1C[C@H](CCO)Oc2cc(OC)c(OC)cc21. The normalized spacial score (nSPS) is 19.8. The van der Waals surface area contributed by atoms with Gasteiger partial charge in [0.25, 0.3) is 0 Å². The Kier molecular flexibility index (Phi) is 7.03. The van der Waals surface area contributed by atoms with Crippen molar-refractivity contribution in [3.63, 3.8) is 0 Å². The Morgan fingerprint density at radius 3 is 2.48 bits per heavy atom. The number of aliphatic hydroxyl groups is 1. The van der Waals surface area contributed by atoms with Crippen molar-refractivity contribution < 1.29 is 19.3 Å². The molecule has 1 heterocycles. The average Bonchev–Trinajstić information content (AvgIpc) is 2.57. The highest BCUT2D eigenvalue weighted by atomic mass is 16.5. The second kappa shape index (κ2) is 9.02. The number of ether oxygens (including phenoxy) is 3. The lowest BCUT2D eigenvalue weighted by Gasteiger charge is -2.33. The summed E-state index contributed by atoms with van der Waals surface area (Å²) in [6.07, 6.45) is 7.95. The molecule has 1 aromatic rings. The number of methoxy groups -OCH3 is 2. The van der Waals surface area contributed by atoms with Crippen LogP contribution in [0.5, 0.6) is 17.2 Å². The van der Waals surface area contributed by atoms with Crippen LogP contribution in [0.2, 0.25) is 0 Å². The molecule has 2 rings (SSSR count). The van der Waals surface area contributed by atoms with Crippen molar-refractivity contribution in [1.29, 1.82) is 0 Å². The van der Waals surface area contributed by atoms with Crippen molar-refractivity contribution >= 4 is 0 Å². The molecule has 0 fully saturated rings. The molecule has 0 aliphatic carbocycles. The zero-order chi connectivity index (χ0) is 16.7. The Morgan fingerprint density at radius 2 is 1.83 bits per heavy atom. The summed E-state index contributed by atoms with van der Waals surface area (Å²) in [4.78, 5) is 0. The van der Waals surface area contributed by atoms with Crippen LogP contribution in [0.1, 0.15) is 63.4 Å². The van der Waals surface area contributed by atoms with Crippen LogP contribution in [0, 0.1) is 0 Å². The molecule has 1 aliphatic rings. The van der Waals surface area contributed by atoms with Gasteiger partial charge < -0.3 is 19.3 Å². The van der Waals surface area contributed by atoms with Crippen molar-refractivity contribution in [3.05, 3.63) is 17.7 Å². The molecular formula is C19H30O4. The van der Waals surface area contributed by atoms with E-state index in [1.54, 1.807) is 14.2 Å². The zero-order valence-electron chi connectivity index (χ0n) is 14.6. The Bertz CT molecular complexity index is 487. The standard InChI is InChI=1S/C19H30O4/c1-4-5-6-7-8-14-11-15(9-10-20)23-17-13-19(22-3)18(21-2)12-16(14)17/h12-15,20H,4-11H2,1-3H3/t14-,15+/m1/s1. The van der Waals surface area contributed by atoms with Gasteiger partial charge in [-0.15, -0.1) is 0 Å². The highest BCUT2D eigenvalue weighted by molar-refractivity contribution is 5.52. The predicted octanol–water partition coefficient (Wildman–Crippen LogP) is 4.29. The molecule has 4 nitrogen and oxygen atoms in total. The number of unbranched alkanes of at least 4 members (excludes halogenated alkanes) is 3. The Balaban J connectivity index is 2.21. The summed E-state index contributed by atoms with van der Waals surface area (Å²) in [5.74, 6) is 2.80. The Labute approximate surface area is 139 Å². The summed E-state index contributed by atoms with van der Waals surface area (Å²) in [5.41, 5.74) is 1.22. The molecule has 1 aromatic carbocycles. The summed E-state index contributed by atoms with van der Waals surface area (Å²) in [5, 5.41) is 9.26. The molecule has 0 radical (unpaired) electrons. The number of hydrogen-bond acceptors (Lipinski definition) is 4. The molecule has 0 amide bonds. The summed E-state index contributed by atoms with van der Waals surface area (Å²) in [6, 6.07) is 3.99. The van der Waals surface area contributed by atoms with Gasteiger partial charge in [0.05, 0.1) is 14.2 Å². The molecule has 130 valence electrons. The number of rotatable bonds is 9. The van der Waals surface area contributed by atoms with Crippen LogP contribution in [-0.4, -0.2) is 32.0 Å². The van der Waals surface area contributed by atoms with Gasteiger partial charge in [0.1, 0.15) is 11.9 Å². The van der Waals surface area contributed by atoms with Crippen LogP contribution in [0.15, 0.2) is 12.1 Å². The lowest BCUT2D eigenvalue weighted by Crippen LogP contribution is -2.27. The average molecular weight is 322 g/mol. The molecule has 4 heteroatoms. The van der Waals surface area contributed by atoms with Gasteiger partial charge in [0, 0.05) is 24.7 Å². The van der Waals surface area contributed by atoms with Crippen molar-refractivity contribution in [2.24, 2.45) is 0 Å². The summed E-state index contributed by atoms with van der Waals surface area (Å²) < 4.78 is 16.9. The predicted molar refractivity (Wildman–Crippen MR) is 91.8 cm³/mol. The maximum Gasteiger partial charge on any atom is 0.164 e. The molecular weight excluding hydrogens is 292 g/mol. The molecule has 0 spiro atoms. The highest BCUT2D eigenvalue weighted by Gasteiger charge is 2.29. The van der Waals surface area contributed by atoms with Crippen LogP contribution in [-0.2, 0) is 0 Å². The first-order valence-electron chi connectivity index (χ1n) is 8.76. The lowest BCUT2D eigenvalue weighted by atomic mass is 9.84. The zero-order valence-corrected chi connectivity index (χ0v) is 14.6.